The normalized spacial score (nSPS) is 27.9. The molecular formula is C23H38N2O3. The molecule has 2 aliphatic carbocycles. The number of carbonyl (C=O) groups is 2. The lowest BCUT2D eigenvalue weighted by molar-refractivity contribution is -0.147. The molecule has 2 amide bonds. The van der Waals surface area contributed by atoms with Gasteiger partial charge in [-0.05, 0) is 63.2 Å². The van der Waals surface area contributed by atoms with Crippen LogP contribution >= 0.6 is 0 Å². The summed E-state index contributed by atoms with van der Waals surface area (Å²) in [7, 11) is 0. The number of piperidine rings is 1. The van der Waals surface area contributed by atoms with E-state index >= 15 is 0 Å². The van der Waals surface area contributed by atoms with Gasteiger partial charge in [0.2, 0.25) is 11.8 Å². The average Bonchev–Trinajstić information content (AvgIpc) is 3.43. The van der Waals surface area contributed by atoms with E-state index in [0.29, 0.717) is 17.7 Å². The fourth-order valence-corrected chi connectivity index (χ4v) is 5.56. The van der Waals surface area contributed by atoms with Crippen LogP contribution in [0.1, 0.15) is 83.5 Å². The topological polar surface area (TPSA) is 58.6 Å². The van der Waals surface area contributed by atoms with Crippen molar-refractivity contribution in [3.05, 3.63) is 0 Å². The molecule has 0 aromatic rings. The van der Waals surface area contributed by atoms with E-state index < -0.39 is 0 Å². The summed E-state index contributed by atoms with van der Waals surface area (Å²) in [6.07, 6.45) is 14.5. The minimum atomic E-state index is -0.0222. The lowest BCUT2D eigenvalue weighted by atomic mass is 9.78. The SMILES string of the molecule is O=C(NCCC1CCOC2(CCN(C(=O)CCC3CCCC3)CC2)C1)C1CC1. The number of ether oxygens (including phenoxy) is 1. The van der Waals surface area contributed by atoms with Gasteiger partial charge >= 0.3 is 0 Å². The monoisotopic (exact) mass is 390 g/mol. The first kappa shape index (κ1) is 20.2. The van der Waals surface area contributed by atoms with Gasteiger partial charge in [-0.1, -0.05) is 25.7 Å². The first-order valence-electron chi connectivity index (χ1n) is 11.8. The molecule has 2 saturated carbocycles. The number of nitrogens with zero attached hydrogens (tertiary/aromatic N) is 1. The van der Waals surface area contributed by atoms with Crippen LogP contribution in [-0.2, 0) is 14.3 Å². The van der Waals surface area contributed by atoms with Crippen molar-refractivity contribution in [2.45, 2.75) is 89.1 Å². The summed E-state index contributed by atoms with van der Waals surface area (Å²) in [5.74, 6) is 2.35. The van der Waals surface area contributed by atoms with Crippen LogP contribution in [0.15, 0.2) is 0 Å². The maximum Gasteiger partial charge on any atom is 0.223 e. The molecule has 2 saturated heterocycles. The molecule has 158 valence electrons. The average molecular weight is 391 g/mol. The molecule has 0 bridgehead atoms. The molecular weight excluding hydrogens is 352 g/mol. The third-order valence-electron chi connectivity index (χ3n) is 7.66. The molecule has 1 spiro atoms. The first-order chi connectivity index (χ1) is 13.6. The van der Waals surface area contributed by atoms with Gasteiger partial charge in [0.25, 0.3) is 0 Å². The lowest BCUT2D eigenvalue weighted by Crippen LogP contribution is -2.51. The van der Waals surface area contributed by atoms with Crippen LogP contribution in [0.5, 0.6) is 0 Å². The van der Waals surface area contributed by atoms with E-state index in [9.17, 15) is 9.59 Å². The maximum atomic E-state index is 12.6. The number of amides is 2. The Balaban J connectivity index is 1.17. The van der Waals surface area contributed by atoms with Gasteiger partial charge < -0.3 is 15.0 Å². The van der Waals surface area contributed by atoms with Gasteiger partial charge in [-0.2, -0.15) is 0 Å². The van der Waals surface area contributed by atoms with Crippen molar-refractivity contribution in [1.29, 1.82) is 0 Å². The van der Waals surface area contributed by atoms with Gasteiger partial charge in [-0.15, -0.1) is 0 Å². The second-order valence-electron chi connectivity index (χ2n) is 9.81. The molecule has 1 atom stereocenters. The van der Waals surface area contributed by atoms with Gasteiger partial charge in [0.05, 0.1) is 5.60 Å². The van der Waals surface area contributed by atoms with Crippen LogP contribution in [0.2, 0.25) is 0 Å². The van der Waals surface area contributed by atoms with Crippen LogP contribution in [0.3, 0.4) is 0 Å². The minimum Gasteiger partial charge on any atom is -0.375 e. The van der Waals surface area contributed by atoms with E-state index in [0.717, 1.165) is 89.9 Å². The predicted octanol–water partition coefficient (Wildman–Crippen LogP) is 3.66. The second-order valence-corrected chi connectivity index (χ2v) is 9.81. The summed E-state index contributed by atoms with van der Waals surface area (Å²) in [5.41, 5.74) is -0.0222. The zero-order chi connectivity index (χ0) is 19.4. The highest BCUT2D eigenvalue weighted by molar-refractivity contribution is 5.80. The Morgan fingerprint density at radius 2 is 1.71 bits per heavy atom. The van der Waals surface area contributed by atoms with Crippen molar-refractivity contribution in [1.82, 2.24) is 10.2 Å². The fourth-order valence-electron chi connectivity index (χ4n) is 5.56. The highest BCUT2D eigenvalue weighted by Crippen LogP contribution is 2.39. The smallest absolute Gasteiger partial charge is 0.223 e. The highest BCUT2D eigenvalue weighted by Gasteiger charge is 2.41. The number of likely N-dealkylation sites (tertiary alicyclic amines) is 1. The molecule has 5 nitrogen and oxygen atoms in total. The van der Waals surface area contributed by atoms with Crippen LogP contribution in [0.4, 0.5) is 0 Å². The zero-order valence-corrected chi connectivity index (χ0v) is 17.4. The van der Waals surface area contributed by atoms with E-state index in [4.69, 9.17) is 4.74 Å². The summed E-state index contributed by atoms with van der Waals surface area (Å²) in [4.78, 5) is 26.5. The van der Waals surface area contributed by atoms with Crippen LogP contribution in [0, 0.1) is 17.8 Å². The largest absolute Gasteiger partial charge is 0.375 e. The summed E-state index contributed by atoms with van der Waals surface area (Å²) < 4.78 is 6.26. The van der Waals surface area contributed by atoms with Crippen molar-refractivity contribution in [3.63, 3.8) is 0 Å². The molecule has 0 radical (unpaired) electrons. The standard InChI is InChI=1S/C23H38N2O3/c26-21(8-5-18-3-1-2-4-18)25-14-11-23(12-15-25)17-19(10-16-28-23)9-13-24-22(27)20-6-7-20/h18-20H,1-17H2,(H,24,27). The summed E-state index contributed by atoms with van der Waals surface area (Å²) in [5, 5.41) is 3.11. The Bertz CT molecular complexity index is 546. The van der Waals surface area contributed by atoms with Crippen molar-refractivity contribution in [2.75, 3.05) is 26.2 Å². The van der Waals surface area contributed by atoms with Crippen molar-refractivity contribution in [2.24, 2.45) is 17.8 Å². The Hall–Kier alpha value is -1.10. The number of nitrogens with one attached hydrogen (secondary N) is 1. The molecule has 5 heteroatoms. The van der Waals surface area contributed by atoms with Crippen molar-refractivity contribution < 1.29 is 14.3 Å². The third kappa shape index (κ3) is 5.28. The molecule has 2 aliphatic heterocycles. The maximum absolute atomic E-state index is 12.6. The second kappa shape index (κ2) is 9.15. The van der Waals surface area contributed by atoms with Crippen LogP contribution < -0.4 is 5.32 Å². The zero-order valence-electron chi connectivity index (χ0n) is 17.4. The Kier molecular flexibility index (Phi) is 6.59. The predicted molar refractivity (Wildman–Crippen MR) is 109 cm³/mol. The molecule has 1 N–H and O–H groups in total. The van der Waals surface area contributed by atoms with Crippen molar-refractivity contribution >= 4 is 11.8 Å². The van der Waals surface area contributed by atoms with Gasteiger partial charge in [0, 0.05) is 38.6 Å². The molecule has 28 heavy (non-hydrogen) atoms. The van der Waals surface area contributed by atoms with Crippen LogP contribution in [-0.4, -0.2) is 48.6 Å². The Labute approximate surface area is 169 Å². The van der Waals surface area contributed by atoms with Gasteiger partial charge in [0.15, 0.2) is 0 Å². The molecule has 4 rings (SSSR count). The molecule has 1 unspecified atom stereocenters. The van der Waals surface area contributed by atoms with E-state index in [1.807, 2.05) is 0 Å². The highest BCUT2D eigenvalue weighted by atomic mass is 16.5. The lowest BCUT2D eigenvalue weighted by Gasteiger charge is -2.46. The number of hydrogen-bond acceptors (Lipinski definition) is 3. The fraction of sp³-hybridized carbons (Fsp3) is 0.913. The van der Waals surface area contributed by atoms with Gasteiger partial charge in [-0.25, -0.2) is 0 Å². The Morgan fingerprint density at radius 3 is 2.43 bits per heavy atom. The summed E-state index contributed by atoms with van der Waals surface area (Å²) in [6.45, 7) is 3.35. The van der Waals surface area contributed by atoms with E-state index in [2.05, 4.69) is 10.2 Å². The third-order valence-corrected chi connectivity index (χ3v) is 7.66. The van der Waals surface area contributed by atoms with Gasteiger partial charge in [-0.3, -0.25) is 9.59 Å². The molecule has 0 aromatic heterocycles. The van der Waals surface area contributed by atoms with Gasteiger partial charge in [0.1, 0.15) is 0 Å². The molecule has 0 aromatic carbocycles. The number of hydrogen-bond donors (Lipinski definition) is 1. The quantitative estimate of drug-likeness (QED) is 0.722. The first-order valence-corrected chi connectivity index (χ1v) is 11.8. The number of carbonyl (C=O) groups excluding carboxylic acids is 2. The van der Waals surface area contributed by atoms with E-state index in [-0.39, 0.29) is 11.5 Å². The Morgan fingerprint density at radius 1 is 0.964 bits per heavy atom. The van der Waals surface area contributed by atoms with E-state index in [1.54, 1.807) is 0 Å². The minimum absolute atomic E-state index is 0.0222. The molecule has 4 fully saturated rings. The number of rotatable bonds is 7. The summed E-state index contributed by atoms with van der Waals surface area (Å²) >= 11 is 0. The van der Waals surface area contributed by atoms with Crippen molar-refractivity contribution in [3.8, 4) is 0 Å². The molecule has 2 heterocycles. The molecule has 4 aliphatic rings. The van der Waals surface area contributed by atoms with Crippen LogP contribution in [0.25, 0.3) is 0 Å². The van der Waals surface area contributed by atoms with E-state index in [1.165, 1.54) is 25.7 Å². The summed E-state index contributed by atoms with van der Waals surface area (Å²) in [6, 6.07) is 0.